The molecule has 0 aromatic rings. The molecule has 1 rings (SSSR count). The van der Waals surface area contributed by atoms with Gasteiger partial charge in [-0.25, -0.2) is 4.39 Å². The molecule has 0 spiro atoms. The quantitative estimate of drug-likeness (QED) is 0.627. The SMILES string of the molecule is CC1(F)CN(CCC(N)=O)C1. The van der Waals surface area contributed by atoms with Crippen molar-refractivity contribution in [3.05, 3.63) is 0 Å². The Labute approximate surface area is 65.3 Å². The molecule has 1 aliphatic rings. The first-order valence-electron chi connectivity index (χ1n) is 3.69. The van der Waals surface area contributed by atoms with E-state index in [0.29, 0.717) is 26.1 Å². The van der Waals surface area contributed by atoms with E-state index in [1.165, 1.54) is 0 Å². The molecule has 4 heteroatoms. The molecule has 11 heavy (non-hydrogen) atoms. The predicted octanol–water partition coefficient (Wildman–Crippen LogP) is -0.0944. The van der Waals surface area contributed by atoms with E-state index in [9.17, 15) is 9.18 Å². The van der Waals surface area contributed by atoms with Crippen LogP contribution >= 0.6 is 0 Å². The van der Waals surface area contributed by atoms with Crippen molar-refractivity contribution in [2.75, 3.05) is 19.6 Å². The lowest BCUT2D eigenvalue weighted by atomic mass is 9.99. The van der Waals surface area contributed by atoms with E-state index in [1.807, 2.05) is 4.90 Å². The average molecular weight is 160 g/mol. The Morgan fingerprint density at radius 3 is 2.64 bits per heavy atom. The Hall–Kier alpha value is -0.640. The number of nitrogens with two attached hydrogens (primary N) is 1. The van der Waals surface area contributed by atoms with Gasteiger partial charge in [-0.05, 0) is 6.92 Å². The molecule has 1 aliphatic heterocycles. The van der Waals surface area contributed by atoms with Crippen LogP contribution in [-0.4, -0.2) is 36.1 Å². The van der Waals surface area contributed by atoms with Crippen molar-refractivity contribution in [1.29, 1.82) is 0 Å². The highest BCUT2D eigenvalue weighted by Crippen LogP contribution is 2.23. The first-order chi connectivity index (χ1) is 4.99. The molecule has 0 unspecified atom stereocenters. The van der Waals surface area contributed by atoms with Crippen LogP contribution < -0.4 is 5.73 Å². The minimum atomic E-state index is -1.04. The van der Waals surface area contributed by atoms with Crippen LogP contribution in [0.2, 0.25) is 0 Å². The Morgan fingerprint density at radius 1 is 1.73 bits per heavy atom. The summed E-state index contributed by atoms with van der Waals surface area (Å²) in [6.07, 6.45) is 0.329. The van der Waals surface area contributed by atoms with Gasteiger partial charge in [-0.2, -0.15) is 0 Å². The van der Waals surface area contributed by atoms with E-state index in [-0.39, 0.29) is 5.91 Å². The number of primary amides is 1. The molecule has 2 N–H and O–H groups in total. The standard InChI is InChI=1S/C7H13FN2O/c1-7(8)4-10(5-7)3-2-6(9)11/h2-5H2,1H3,(H2,9,11). The Morgan fingerprint density at radius 2 is 2.27 bits per heavy atom. The summed E-state index contributed by atoms with van der Waals surface area (Å²) >= 11 is 0. The Kier molecular flexibility index (Phi) is 2.13. The monoisotopic (exact) mass is 160 g/mol. The third-order valence-electron chi connectivity index (χ3n) is 1.78. The molecule has 0 saturated carbocycles. The summed E-state index contributed by atoms with van der Waals surface area (Å²) in [5.41, 5.74) is 3.88. The highest BCUT2D eigenvalue weighted by molar-refractivity contribution is 5.73. The molecule has 1 fully saturated rings. The number of hydrogen-bond donors (Lipinski definition) is 1. The molecule has 0 atom stereocenters. The van der Waals surface area contributed by atoms with Gasteiger partial charge < -0.3 is 5.73 Å². The van der Waals surface area contributed by atoms with E-state index in [1.54, 1.807) is 6.92 Å². The lowest BCUT2D eigenvalue weighted by molar-refractivity contribution is -0.119. The summed E-state index contributed by atoms with van der Waals surface area (Å²) in [4.78, 5) is 12.2. The van der Waals surface area contributed by atoms with Gasteiger partial charge in [-0.1, -0.05) is 0 Å². The summed E-state index contributed by atoms with van der Waals surface area (Å²) in [5, 5.41) is 0. The van der Waals surface area contributed by atoms with Crippen LogP contribution in [0.25, 0.3) is 0 Å². The van der Waals surface area contributed by atoms with Gasteiger partial charge in [0.25, 0.3) is 0 Å². The summed E-state index contributed by atoms with van der Waals surface area (Å²) in [6, 6.07) is 0. The van der Waals surface area contributed by atoms with Crippen molar-refractivity contribution in [3.63, 3.8) is 0 Å². The lowest BCUT2D eigenvalue weighted by Gasteiger charge is -2.42. The molecule has 1 saturated heterocycles. The number of nitrogens with zero attached hydrogens (tertiary/aromatic N) is 1. The number of carbonyl (C=O) groups is 1. The second-order valence-electron chi connectivity index (χ2n) is 3.34. The van der Waals surface area contributed by atoms with Gasteiger partial charge in [0.05, 0.1) is 0 Å². The Balaban J connectivity index is 2.09. The van der Waals surface area contributed by atoms with Gasteiger partial charge in [0.2, 0.25) is 5.91 Å². The molecular formula is C7H13FN2O. The van der Waals surface area contributed by atoms with Crippen LogP contribution in [0.4, 0.5) is 4.39 Å². The minimum absolute atomic E-state index is 0.322. The number of likely N-dealkylation sites (tertiary alicyclic amines) is 1. The van der Waals surface area contributed by atoms with Crippen molar-refractivity contribution in [2.24, 2.45) is 5.73 Å². The summed E-state index contributed by atoms with van der Waals surface area (Å²) in [6.45, 7) is 3.02. The average Bonchev–Trinajstić information content (AvgIpc) is 1.78. The maximum atomic E-state index is 12.8. The van der Waals surface area contributed by atoms with Gasteiger partial charge in [0, 0.05) is 26.1 Å². The van der Waals surface area contributed by atoms with Gasteiger partial charge in [-0.15, -0.1) is 0 Å². The number of amides is 1. The minimum Gasteiger partial charge on any atom is -0.370 e. The summed E-state index contributed by atoms with van der Waals surface area (Å²) in [5.74, 6) is -0.322. The topological polar surface area (TPSA) is 46.3 Å². The summed E-state index contributed by atoms with van der Waals surface area (Å²) in [7, 11) is 0. The zero-order valence-corrected chi connectivity index (χ0v) is 6.64. The highest BCUT2D eigenvalue weighted by atomic mass is 19.1. The molecule has 1 heterocycles. The number of rotatable bonds is 3. The Bertz CT molecular complexity index is 162. The molecule has 0 aliphatic carbocycles. The van der Waals surface area contributed by atoms with Crippen LogP contribution in [0.5, 0.6) is 0 Å². The lowest BCUT2D eigenvalue weighted by Crippen LogP contribution is -2.57. The molecule has 1 amide bonds. The van der Waals surface area contributed by atoms with Crippen molar-refractivity contribution in [1.82, 2.24) is 4.90 Å². The highest BCUT2D eigenvalue weighted by Gasteiger charge is 2.38. The fraction of sp³-hybridized carbons (Fsp3) is 0.857. The number of hydrogen-bond acceptors (Lipinski definition) is 2. The molecule has 0 aromatic carbocycles. The third-order valence-corrected chi connectivity index (χ3v) is 1.78. The third kappa shape index (κ3) is 2.46. The van der Waals surface area contributed by atoms with Crippen molar-refractivity contribution in [3.8, 4) is 0 Å². The van der Waals surface area contributed by atoms with Crippen molar-refractivity contribution >= 4 is 5.91 Å². The molecule has 0 radical (unpaired) electrons. The number of halogens is 1. The van der Waals surface area contributed by atoms with Crippen LogP contribution in [0, 0.1) is 0 Å². The fourth-order valence-corrected chi connectivity index (χ4v) is 1.31. The van der Waals surface area contributed by atoms with Gasteiger partial charge in [0.15, 0.2) is 0 Å². The van der Waals surface area contributed by atoms with Gasteiger partial charge >= 0.3 is 0 Å². The van der Waals surface area contributed by atoms with Crippen LogP contribution in [0.1, 0.15) is 13.3 Å². The van der Waals surface area contributed by atoms with Crippen LogP contribution in [0.3, 0.4) is 0 Å². The fourth-order valence-electron chi connectivity index (χ4n) is 1.31. The van der Waals surface area contributed by atoms with Crippen LogP contribution in [0.15, 0.2) is 0 Å². The molecule has 3 nitrogen and oxygen atoms in total. The second kappa shape index (κ2) is 2.77. The van der Waals surface area contributed by atoms with Crippen LogP contribution in [-0.2, 0) is 4.79 Å². The molecule has 0 aromatic heterocycles. The summed E-state index contributed by atoms with van der Waals surface area (Å²) < 4.78 is 12.8. The molecule has 0 bridgehead atoms. The largest absolute Gasteiger partial charge is 0.370 e. The maximum absolute atomic E-state index is 12.8. The van der Waals surface area contributed by atoms with Crippen molar-refractivity contribution < 1.29 is 9.18 Å². The van der Waals surface area contributed by atoms with Crippen molar-refractivity contribution in [2.45, 2.75) is 19.0 Å². The number of alkyl halides is 1. The first kappa shape index (κ1) is 8.46. The van der Waals surface area contributed by atoms with E-state index in [0.717, 1.165) is 0 Å². The zero-order chi connectivity index (χ0) is 8.48. The van der Waals surface area contributed by atoms with E-state index in [2.05, 4.69) is 0 Å². The van der Waals surface area contributed by atoms with E-state index >= 15 is 0 Å². The normalized spacial score (nSPS) is 22.7. The molecular weight excluding hydrogens is 147 g/mol. The van der Waals surface area contributed by atoms with E-state index < -0.39 is 5.67 Å². The van der Waals surface area contributed by atoms with Gasteiger partial charge in [-0.3, -0.25) is 9.69 Å². The number of carbonyl (C=O) groups excluding carboxylic acids is 1. The zero-order valence-electron chi connectivity index (χ0n) is 6.64. The maximum Gasteiger partial charge on any atom is 0.218 e. The van der Waals surface area contributed by atoms with Gasteiger partial charge in [0.1, 0.15) is 5.67 Å². The van der Waals surface area contributed by atoms with E-state index in [4.69, 9.17) is 5.73 Å². The smallest absolute Gasteiger partial charge is 0.218 e. The second-order valence-corrected chi connectivity index (χ2v) is 3.34. The first-order valence-corrected chi connectivity index (χ1v) is 3.69. The predicted molar refractivity (Wildman–Crippen MR) is 39.8 cm³/mol. The molecule has 64 valence electrons.